The molecule has 0 fully saturated rings. The Morgan fingerprint density at radius 2 is 1.94 bits per heavy atom. The topological polar surface area (TPSA) is 26.3 Å². The van der Waals surface area contributed by atoms with Crippen molar-refractivity contribution in [1.82, 2.24) is 0 Å². The van der Waals surface area contributed by atoms with Crippen LogP contribution >= 0.6 is 0 Å². The Bertz CT molecular complexity index is 400. The van der Waals surface area contributed by atoms with Gasteiger partial charge < -0.3 is 4.74 Å². The van der Waals surface area contributed by atoms with E-state index in [-0.39, 0.29) is 11.2 Å². The third kappa shape index (κ3) is 4.22. The highest BCUT2D eigenvalue weighted by atomic mass is 16.5. The van der Waals surface area contributed by atoms with E-state index in [4.69, 9.17) is 4.74 Å². The van der Waals surface area contributed by atoms with Gasteiger partial charge in [0.15, 0.2) is 0 Å². The third-order valence-corrected chi connectivity index (χ3v) is 2.75. The molecule has 0 aromatic heterocycles. The summed E-state index contributed by atoms with van der Waals surface area (Å²) >= 11 is 0. The number of aryl methyl sites for hydroxylation is 1. The molecule has 0 aliphatic rings. The largest absolute Gasteiger partial charge is 0.493 e. The quantitative estimate of drug-likeness (QED) is 0.795. The number of carbonyl (C=O) groups is 1. The van der Waals surface area contributed by atoms with Crippen molar-refractivity contribution in [2.75, 3.05) is 6.61 Å². The SMILES string of the molecule is CC(=O)CCOc1ccc(C(C)(C)C)cc1C. The van der Waals surface area contributed by atoms with Gasteiger partial charge in [-0.15, -0.1) is 0 Å². The molecule has 2 nitrogen and oxygen atoms in total. The molecule has 0 saturated carbocycles. The van der Waals surface area contributed by atoms with Crippen LogP contribution in [0.15, 0.2) is 18.2 Å². The fourth-order valence-electron chi connectivity index (χ4n) is 1.58. The van der Waals surface area contributed by atoms with E-state index in [2.05, 4.69) is 32.9 Å². The average Bonchev–Trinajstić information content (AvgIpc) is 2.18. The highest BCUT2D eigenvalue weighted by Gasteiger charge is 2.14. The van der Waals surface area contributed by atoms with E-state index in [1.807, 2.05) is 13.0 Å². The van der Waals surface area contributed by atoms with Crippen LogP contribution in [-0.2, 0) is 10.2 Å². The van der Waals surface area contributed by atoms with Crippen molar-refractivity contribution in [1.29, 1.82) is 0 Å². The molecular formula is C15H22O2. The number of carbonyl (C=O) groups excluding carboxylic acids is 1. The molecule has 0 atom stereocenters. The lowest BCUT2D eigenvalue weighted by Crippen LogP contribution is -2.11. The van der Waals surface area contributed by atoms with Crippen molar-refractivity contribution < 1.29 is 9.53 Å². The molecule has 2 heteroatoms. The summed E-state index contributed by atoms with van der Waals surface area (Å²) in [5.74, 6) is 1.04. The van der Waals surface area contributed by atoms with Crippen LogP contribution in [0.5, 0.6) is 5.75 Å². The summed E-state index contributed by atoms with van der Waals surface area (Å²) in [6.45, 7) is 10.7. The number of hydrogen-bond acceptors (Lipinski definition) is 2. The van der Waals surface area contributed by atoms with Gasteiger partial charge in [-0.1, -0.05) is 32.9 Å². The summed E-state index contributed by atoms with van der Waals surface area (Å²) in [5, 5.41) is 0. The lowest BCUT2D eigenvalue weighted by molar-refractivity contribution is -0.117. The molecule has 0 N–H and O–H groups in total. The summed E-state index contributed by atoms with van der Waals surface area (Å²) in [6, 6.07) is 6.25. The van der Waals surface area contributed by atoms with E-state index in [9.17, 15) is 4.79 Å². The Hall–Kier alpha value is -1.31. The summed E-state index contributed by atoms with van der Waals surface area (Å²) < 4.78 is 5.59. The zero-order valence-corrected chi connectivity index (χ0v) is 11.5. The van der Waals surface area contributed by atoms with E-state index in [1.165, 1.54) is 5.56 Å². The van der Waals surface area contributed by atoms with E-state index in [1.54, 1.807) is 6.92 Å². The first-order chi connectivity index (χ1) is 7.80. The summed E-state index contributed by atoms with van der Waals surface area (Å²) in [5.41, 5.74) is 2.58. The molecule has 0 aliphatic heterocycles. The first kappa shape index (κ1) is 13.8. The minimum Gasteiger partial charge on any atom is -0.493 e. The van der Waals surface area contributed by atoms with Crippen LogP contribution < -0.4 is 4.74 Å². The van der Waals surface area contributed by atoms with E-state index >= 15 is 0 Å². The molecule has 94 valence electrons. The Labute approximate surface area is 104 Å². The van der Waals surface area contributed by atoms with Gasteiger partial charge in [-0.05, 0) is 36.5 Å². The first-order valence-electron chi connectivity index (χ1n) is 6.04. The highest BCUT2D eigenvalue weighted by molar-refractivity contribution is 5.75. The molecule has 0 radical (unpaired) electrons. The van der Waals surface area contributed by atoms with Crippen molar-refractivity contribution in [3.05, 3.63) is 29.3 Å². The van der Waals surface area contributed by atoms with Crippen LogP contribution in [0.2, 0.25) is 0 Å². The molecule has 0 heterocycles. The predicted molar refractivity (Wildman–Crippen MR) is 70.7 cm³/mol. The number of hydrogen-bond donors (Lipinski definition) is 0. The van der Waals surface area contributed by atoms with Crippen molar-refractivity contribution >= 4 is 5.78 Å². The number of ketones is 1. The molecule has 0 amide bonds. The van der Waals surface area contributed by atoms with Gasteiger partial charge in [-0.25, -0.2) is 0 Å². The summed E-state index contributed by atoms with van der Waals surface area (Å²) in [7, 11) is 0. The lowest BCUT2D eigenvalue weighted by atomic mass is 9.86. The van der Waals surface area contributed by atoms with Crippen LogP contribution in [0.4, 0.5) is 0 Å². The van der Waals surface area contributed by atoms with E-state index in [0.29, 0.717) is 13.0 Å². The van der Waals surface area contributed by atoms with Gasteiger partial charge >= 0.3 is 0 Å². The van der Waals surface area contributed by atoms with Gasteiger partial charge in [0.1, 0.15) is 11.5 Å². The molecule has 1 rings (SSSR count). The van der Waals surface area contributed by atoms with Crippen molar-refractivity contribution in [3.63, 3.8) is 0 Å². The minimum atomic E-state index is 0.155. The van der Waals surface area contributed by atoms with Crippen LogP contribution in [0.1, 0.15) is 45.2 Å². The fraction of sp³-hybridized carbons (Fsp3) is 0.533. The zero-order chi connectivity index (χ0) is 13.1. The van der Waals surface area contributed by atoms with Gasteiger partial charge in [0.2, 0.25) is 0 Å². The molecule has 0 bridgehead atoms. The second kappa shape index (κ2) is 5.35. The van der Waals surface area contributed by atoms with Crippen molar-refractivity contribution in [2.45, 2.75) is 46.5 Å². The monoisotopic (exact) mass is 234 g/mol. The maximum Gasteiger partial charge on any atom is 0.133 e. The Kier molecular flexibility index (Phi) is 4.33. The highest BCUT2D eigenvalue weighted by Crippen LogP contribution is 2.27. The van der Waals surface area contributed by atoms with Crippen LogP contribution in [0.25, 0.3) is 0 Å². The summed E-state index contributed by atoms with van der Waals surface area (Å²) in [4.78, 5) is 10.8. The molecule has 1 aromatic carbocycles. The van der Waals surface area contributed by atoms with Crippen LogP contribution in [-0.4, -0.2) is 12.4 Å². The van der Waals surface area contributed by atoms with Crippen LogP contribution in [0, 0.1) is 6.92 Å². The normalized spacial score (nSPS) is 11.4. The van der Waals surface area contributed by atoms with Crippen molar-refractivity contribution in [2.24, 2.45) is 0 Å². The maximum absolute atomic E-state index is 10.8. The van der Waals surface area contributed by atoms with Gasteiger partial charge in [0.05, 0.1) is 6.61 Å². The predicted octanol–water partition coefficient (Wildman–Crippen LogP) is 3.65. The smallest absolute Gasteiger partial charge is 0.133 e. The van der Waals surface area contributed by atoms with E-state index < -0.39 is 0 Å². The minimum absolute atomic E-state index is 0.155. The Morgan fingerprint density at radius 1 is 1.29 bits per heavy atom. The number of Topliss-reactive ketones (excluding diaryl/α,β-unsaturated/α-hetero) is 1. The van der Waals surface area contributed by atoms with Crippen LogP contribution in [0.3, 0.4) is 0 Å². The van der Waals surface area contributed by atoms with Gasteiger partial charge in [0, 0.05) is 6.42 Å². The second-order valence-electron chi connectivity index (χ2n) is 5.53. The van der Waals surface area contributed by atoms with Gasteiger partial charge in [0.25, 0.3) is 0 Å². The number of ether oxygens (including phenoxy) is 1. The summed E-state index contributed by atoms with van der Waals surface area (Å²) in [6.07, 6.45) is 0.473. The maximum atomic E-state index is 10.8. The Morgan fingerprint density at radius 3 is 2.41 bits per heavy atom. The number of benzene rings is 1. The average molecular weight is 234 g/mol. The molecule has 1 aromatic rings. The molecule has 0 aliphatic carbocycles. The third-order valence-electron chi connectivity index (χ3n) is 2.75. The molecule has 0 unspecified atom stereocenters. The number of rotatable bonds is 4. The zero-order valence-electron chi connectivity index (χ0n) is 11.5. The molecule has 17 heavy (non-hydrogen) atoms. The first-order valence-corrected chi connectivity index (χ1v) is 6.04. The molecule has 0 spiro atoms. The molecule has 0 saturated heterocycles. The Balaban J connectivity index is 2.73. The van der Waals surface area contributed by atoms with Gasteiger partial charge in [-0.2, -0.15) is 0 Å². The lowest BCUT2D eigenvalue weighted by Gasteiger charge is -2.20. The molecular weight excluding hydrogens is 212 g/mol. The fourth-order valence-corrected chi connectivity index (χ4v) is 1.58. The van der Waals surface area contributed by atoms with E-state index in [0.717, 1.165) is 11.3 Å². The standard InChI is InChI=1S/C15H22O2/c1-11-10-13(15(3,4)5)6-7-14(11)17-9-8-12(2)16/h6-7,10H,8-9H2,1-5H3. The van der Waals surface area contributed by atoms with Gasteiger partial charge in [-0.3, -0.25) is 4.79 Å². The second-order valence-corrected chi connectivity index (χ2v) is 5.53. The van der Waals surface area contributed by atoms with Crippen molar-refractivity contribution in [3.8, 4) is 5.75 Å².